The number of fused-ring (bicyclic) bond motifs is 1. The number of hydrogen-bond donors (Lipinski definition) is 3. The monoisotopic (exact) mass is 274 g/mol. The van der Waals surface area contributed by atoms with Gasteiger partial charge in [-0.15, -0.1) is 0 Å². The summed E-state index contributed by atoms with van der Waals surface area (Å²) < 4.78 is 1.75. The van der Waals surface area contributed by atoms with E-state index < -0.39 is 6.10 Å². The van der Waals surface area contributed by atoms with Crippen LogP contribution in [0.2, 0.25) is 0 Å². The molecule has 7 nitrogen and oxygen atoms in total. The fourth-order valence-electron chi connectivity index (χ4n) is 2.83. The number of aliphatic hydroxyl groups is 2. The van der Waals surface area contributed by atoms with Gasteiger partial charge < -0.3 is 19.8 Å². The molecule has 0 radical (unpaired) electrons. The Bertz CT molecular complexity index is 738. The van der Waals surface area contributed by atoms with E-state index >= 15 is 0 Å². The second kappa shape index (κ2) is 4.57. The summed E-state index contributed by atoms with van der Waals surface area (Å²) >= 11 is 0. The minimum absolute atomic E-state index is 0.143. The Morgan fingerprint density at radius 2 is 2.35 bits per heavy atom. The lowest BCUT2D eigenvalue weighted by Crippen LogP contribution is -2.24. The summed E-state index contributed by atoms with van der Waals surface area (Å²) in [4.78, 5) is 22.8. The van der Waals surface area contributed by atoms with E-state index in [0.29, 0.717) is 17.8 Å². The Kier molecular flexibility index (Phi) is 2.99. The highest BCUT2D eigenvalue weighted by atomic mass is 16.3. The molecule has 1 aliphatic rings. The van der Waals surface area contributed by atoms with Crippen molar-refractivity contribution in [2.24, 2.45) is 5.92 Å². The van der Waals surface area contributed by atoms with Crippen molar-refractivity contribution < 1.29 is 10.2 Å². The van der Waals surface area contributed by atoms with Gasteiger partial charge in [0.25, 0.3) is 5.56 Å². The van der Waals surface area contributed by atoms with Gasteiger partial charge in [0.15, 0.2) is 19.0 Å². The van der Waals surface area contributed by atoms with Crippen LogP contribution in [0.3, 0.4) is 0 Å². The van der Waals surface area contributed by atoms with E-state index in [1.165, 1.54) is 6.33 Å². The Morgan fingerprint density at radius 3 is 3.00 bits per heavy atom. The molecule has 3 atom stereocenters. The maximum Gasteiger partial charge on any atom is 0.278 e. The number of H-pyrrole nitrogens is 1. The maximum absolute atomic E-state index is 11.8. The second-order valence-electron chi connectivity index (χ2n) is 5.16. The fourth-order valence-corrected chi connectivity index (χ4v) is 2.83. The summed E-state index contributed by atoms with van der Waals surface area (Å²) in [6.07, 6.45) is 1.33. The van der Waals surface area contributed by atoms with Gasteiger partial charge in [-0.1, -0.05) is 6.58 Å². The Morgan fingerprint density at radius 1 is 1.60 bits per heavy atom. The lowest BCUT2D eigenvalue weighted by Gasteiger charge is -2.15. The number of hydrogen-bond acceptors (Lipinski definition) is 5. The molecule has 0 aromatic carbocycles. The van der Waals surface area contributed by atoms with Crippen molar-refractivity contribution >= 4 is 24.7 Å². The predicted molar refractivity (Wildman–Crippen MR) is 75.7 cm³/mol. The van der Waals surface area contributed by atoms with Gasteiger partial charge in [-0.25, -0.2) is 9.97 Å². The van der Waals surface area contributed by atoms with Gasteiger partial charge in [0, 0.05) is 5.92 Å². The Hall–Kier alpha value is -1.93. The van der Waals surface area contributed by atoms with E-state index in [9.17, 15) is 15.0 Å². The van der Waals surface area contributed by atoms with Crippen molar-refractivity contribution in [1.82, 2.24) is 19.5 Å². The summed E-state index contributed by atoms with van der Waals surface area (Å²) in [5.41, 5.74) is 1.70. The highest BCUT2D eigenvalue weighted by molar-refractivity contribution is 6.29. The van der Waals surface area contributed by atoms with Crippen molar-refractivity contribution in [3.8, 4) is 0 Å². The zero-order chi connectivity index (χ0) is 14.4. The van der Waals surface area contributed by atoms with Gasteiger partial charge in [-0.3, -0.25) is 4.79 Å². The average Bonchev–Trinajstić information content (AvgIpc) is 2.91. The first-order valence-electron chi connectivity index (χ1n) is 6.44. The topological polar surface area (TPSA) is 104 Å². The largest absolute Gasteiger partial charge is 0.396 e. The van der Waals surface area contributed by atoms with Crippen molar-refractivity contribution in [2.75, 3.05) is 6.61 Å². The number of nitrogens with zero attached hydrogens (tertiary/aromatic N) is 3. The van der Waals surface area contributed by atoms with Crippen LogP contribution in [0.5, 0.6) is 0 Å². The van der Waals surface area contributed by atoms with Gasteiger partial charge in [0.05, 0.1) is 30.8 Å². The van der Waals surface area contributed by atoms with E-state index in [1.807, 2.05) is 0 Å². The molecular formula is C12H15BN4O3. The van der Waals surface area contributed by atoms with Crippen molar-refractivity contribution in [1.29, 1.82) is 0 Å². The molecule has 3 N–H and O–H groups in total. The Labute approximate surface area is 115 Å². The third-order valence-electron chi connectivity index (χ3n) is 3.92. The zero-order valence-electron chi connectivity index (χ0n) is 11.1. The normalized spacial score (nSPS) is 26.5. The quantitative estimate of drug-likeness (QED) is 0.428. The van der Waals surface area contributed by atoms with Gasteiger partial charge in [-0.05, 0) is 12.0 Å². The van der Waals surface area contributed by atoms with Crippen LogP contribution in [0, 0.1) is 5.92 Å². The zero-order valence-corrected chi connectivity index (χ0v) is 11.1. The third kappa shape index (κ3) is 1.80. The molecule has 104 valence electrons. The number of aliphatic hydroxyl groups excluding tert-OH is 2. The van der Waals surface area contributed by atoms with Crippen LogP contribution < -0.4 is 11.3 Å². The number of aromatic nitrogens is 4. The molecule has 8 heteroatoms. The molecule has 1 saturated carbocycles. The molecule has 1 fully saturated rings. The van der Waals surface area contributed by atoms with Gasteiger partial charge in [-0.2, -0.15) is 0 Å². The van der Waals surface area contributed by atoms with Crippen LogP contribution in [0.1, 0.15) is 12.5 Å². The molecule has 1 aliphatic carbocycles. The van der Waals surface area contributed by atoms with E-state index in [4.69, 9.17) is 0 Å². The minimum atomic E-state index is -0.641. The maximum atomic E-state index is 11.8. The number of imidazole rings is 1. The van der Waals surface area contributed by atoms with Crippen LogP contribution in [0.25, 0.3) is 11.2 Å². The molecule has 0 aliphatic heterocycles. The summed E-state index contributed by atoms with van der Waals surface area (Å²) in [6, 6.07) is -0.208. The lowest BCUT2D eigenvalue weighted by atomic mass is 10.0. The highest BCUT2D eigenvalue weighted by Crippen LogP contribution is 2.39. The van der Waals surface area contributed by atoms with Crippen molar-refractivity contribution in [3.05, 3.63) is 28.8 Å². The van der Waals surface area contributed by atoms with Crippen LogP contribution in [-0.2, 0) is 0 Å². The summed E-state index contributed by atoms with van der Waals surface area (Å²) in [6.45, 7) is 3.82. The first kappa shape index (κ1) is 13.1. The molecule has 2 aromatic rings. The number of nitrogens with one attached hydrogen (secondary N) is 1. The molecule has 0 saturated heterocycles. The van der Waals surface area contributed by atoms with Gasteiger partial charge in [0.2, 0.25) is 0 Å². The molecule has 0 bridgehead atoms. The fraction of sp³-hybridized carbons (Fsp3) is 0.417. The summed E-state index contributed by atoms with van der Waals surface area (Å²) in [5, 5.41) is 19.3. The number of rotatable bonds is 2. The molecule has 2 aromatic heterocycles. The van der Waals surface area contributed by atoms with E-state index in [0.717, 1.165) is 5.57 Å². The summed E-state index contributed by atoms with van der Waals surface area (Å²) in [7, 11) is 1.70. The van der Waals surface area contributed by atoms with E-state index in [2.05, 4.69) is 21.5 Å². The predicted octanol–water partition coefficient (Wildman–Crippen LogP) is -2.15. The molecule has 0 unspecified atom stereocenters. The highest BCUT2D eigenvalue weighted by Gasteiger charge is 2.37. The molecule has 0 spiro atoms. The van der Waals surface area contributed by atoms with E-state index in [1.54, 1.807) is 12.4 Å². The molecule has 3 rings (SSSR count). The van der Waals surface area contributed by atoms with Crippen LogP contribution >= 0.6 is 0 Å². The Balaban J connectivity index is 2.12. The minimum Gasteiger partial charge on any atom is -0.396 e. The first-order chi connectivity index (χ1) is 9.52. The van der Waals surface area contributed by atoms with Crippen LogP contribution in [-0.4, -0.2) is 50.3 Å². The number of aromatic amines is 1. The standard InChI is InChI=1S/C12H15BN4O3/c1-5-6(3-18)8(19)2-7(5)17-4-14-9-10(17)15-12(13)16-11(9)20/h4,6-8,18-19H,1-3,13H2,(H,15,16,20)/t6-,7-,8-/m0/s1. The summed E-state index contributed by atoms with van der Waals surface area (Å²) in [5.74, 6) is -0.347. The molecular weight excluding hydrogens is 259 g/mol. The van der Waals surface area contributed by atoms with E-state index in [-0.39, 0.29) is 29.6 Å². The SMILES string of the molecule is Bc1nc2c(ncn2[C@H]2C[C@H](O)[C@@H](CO)C2=C)c(=O)[nH]1. The smallest absolute Gasteiger partial charge is 0.278 e. The van der Waals surface area contributed by atoms with Crippen LogP contribution in [0.4, 0.5) is 0 Å². The lowest BCUT2D eigenvalue weighted by molar-refractivity contribution is 0.101. The molecule has 2 heterocycles. The van der Waals surface area contributed by atoms with Gasteiger partial charge in [0.1, 0.15) is 0 Å². The third-order valence-corrected chi connectivity index (χ3v) is 3.92. The van der Waals surface area contributed by atoms with Gasteiger partial charge >= 0.3 is 0 Å². The first-order valence-corrected chi connectivity index (χ1v) is 6.44. The molecule has 20 heavy (non-hydrogen) atoms. The second-order valence-corrected chi connectivity index (χ2v) is 5.16. The van der Waals surface area contributed by atoms with Crippen molar-refractivity contribution in [2.45, 2.75) is 18.6 Å². The molecule has 0 amide bonds. The average molecular weight is 274 g/mol. The van der Waals surface area contributed by atoms with Crippen LogP contribution in [0.15, 0.2) is 23.3 Å². The van der Waals surface area contributed by atoms with Crippen molar-refractivity contribution in [3.63, 3.8) is 0 Å².